The molecule has 2 saturated heterocycles. The number of imidazole rings is 1. The smallest absolute Gasteiger partial charge is 0.251 e. The Balaban J connectivity index is 1.11. The number of nitrogens with one attached hydrogen (secondary N) is 2. The molecule has 0 spiro atoms. The van der Waals surface area contributed by atoms with Crippen LogP contribution in [-0.4, -0.2) is 59.1 Å². The van der Waals surface area contributed by atoms with E-state index >= 15 is 4.39 Å². The highest BCUT2D eigenvalue weighted by Gasteiger charge is 2.20. The highest BCUT2D eigenvalue weighted by Crippen LogP contribution is 2.32. The second-order valence-electron chi connectivity index (χ2n) is 10.4. The van der Waals surface area contributed by atoms with Gasteiger partial charge in [-0.25, -0.2) is 13.8 Å². The number of rotatable bonds is 7. The third-order valence-corrected chi connectivity index (χ3v) is 8.81. The number of benzene rings is 2. The minimum atomic E-state index is -0.663. The van der Waals surface area contributed by atoms with Crippen LogP contribution in [-0.2, 0) is 0 Å². The van der Waals surface area contributed by atoms with Crippen LogP contribution >= 0.6 is 11.3 Å². The zero-order valence-corrected chi connectivity index (χ0v) is 22.2. The summed E-state index contributed by atoms with van der Waals surface area (Å²) in [6.45, 7) is 4.03. The molecule has 6 rings (SSSR count). The van der Waals surface area contributed by atoms with Crippen molar-refractivity contribution in [1.82, 2.24) is 24.9 Å². The van der Waals surface area contributed by atoms with Crippen LogP contribution in [0.25, 0.3) is 26.4 Å². The summed E-state index contributed by atoms with van der Waals surface area (Å²) in [6, 6.07) is 11.3. The van der Waals surface area contributed by atoms with Crippen molar-refractivity contribution in [2.45, 2.75) is 50.7 Å². The molecular formula is C29H33F2N5OS. The van der Waals surface area contributed by atoms with Crippen molar-refractivity contribution in [3.05, 3.63) is 59.5 Å². The molecule has 2 aromatic heterocycles. The molecule has 0 aliphatic carbocycles. The molecule has 2 aliphatic rings. The SMILES string of the molecule is O=C(NCCCN1CCC(F)CC1)c1ccc2c(c1)sc1nc(-c3ccc(C4CCCCN4)cc3F)cn12. The third-order valence-electron chi connectivity index (χ3n) is 7.79. The van der Waals surface area contributed by atoms with Crippen molar-refractivity contribution in [2.24, 2.45) is 0 Å². The number of fused-ring (bicyclic) bond motifs is 3. The molecular weight excluding hydrogens is 504 g/mol. The molecule has 1 unspecified atom stereocenters. The number of hydrogen-bond donors (Lipinski definition) is 2. The van der Waals surface area contributed by atoms with E-state index in [2.05, 4.69) is 15.5 Å². The van der Waals surface area contributed by atoms with Gasteiger partial charge < -0.3 is 15.5 Å². The average molecular weight is 538 g/mol. The van der Waals surface area contributed by atoms with E-state index in [-0.39, 0.29) is 17.8 Å². The van der Waals surface area contributed by atoms with Gasteiger partial charge >= 0.3 is 0 Å². The second kappa shape index (κ2) is 11.1. The molecule has 9 heteroatoms. The summed E-state index contributed by atoms with van der Waals surface area (Å²) in [5.74, 6) is -0.355. The first-order valence-corrected chi connectivity index (χ1v) is 14.5. The zero-order chi connectivity index (χ0) is 26.1. The van der Waals surface area contributed by atoms with E-state index in [4.69, 9.17) is 4.98 Å². The van der Waals surface area contributed by atoms with E-state index in [1.54, 1.807) is 6.07 Å². The normalized spacial score (nSPS) is 19.4. The number of likely N-dealkylation sites (tertiary alicyclic amines) is 1. The number of thiazole rings is 1. The molecule has 2 N–H and O–H groups in total. The van der Waals surface area contributed by atoms with Crippen LogP contribution in [0.15, 0.2) is 42.6 Å². The van der Waals surface area contributed by atoms with Gasteiger partial charge in [0.15, 0.2) is 4.96 Å². The van der Waals surface area contributed by atoms with Gasteiger partial charge in [-0.1, -0.05) is 23.8 Å². The van der Waals surface area contributed by atoms with E-state index in [1.165, 1.54) is 17.8 Å². The number of aromatic nitrogens is 2. The predicted octanol–water partition coefficient (Wildman–Crippen LogP) is 5.72. The molecule has 4 heterocycles. The third kappa shape index (κ3) is 5.32. The van der Waals surface area contributed by atoms with Gasteiger partial charge in [-0.2, -0.15) is 0 Å². The Morgan fingerprint density at radius 1 is 1.13 bits per heavy atom. The van der Waals surface area contributed by atoms with Crippen molar-refractivity contribution >= 4 is 32.4 Å². The number of amides is 1. The summed E-state index contributed by atoms with van der Waals surface area (Å²) in [6.07, 6.45) is 6.64. The fraction of sp³-hybridized carbons (Fsp3) is 0.448. The molecule has 2 aliphatic heterocycles. The van der Waals surface area contributed by atoms with Crippen molar-refractivity contribution in [3.63, 3.8) is 0 Å². The van der Waals surface area contributed by atoms with Gasteiger partial charge in [0, 0.05) is 43.0 Å². The Kier molecular flexibility index (Phi) is 7.41. The standard InChI is InChI=1S/C29H33F2N5OS/c30-21-9-14-35(15-10-21)13-3-12-33-28(37)20-6-8-26-27(17-20)38-29-34-25(18-36(26)29)22-7-5-19(16-23(22)31)24-4-1-2-11-32-24/h5-8,16-18,21,24,32H,1-4,9-15H2,(H,33,37). The molecule has 6 nitrogen and oxygen atoms in total. The van der Waals surface area contributed by atoms with E-state index < -0.39 is 6.17 Å². The topological polar surface area (TPSA) is 61.7 Å². The van der Waals surface area contributed by atoms with Crippen molar-refractivity contribution in [1.29, 1.82) is 0 Å². The minimum Gasteiger partial charge on any atom is -0.352 e. The lowest BCUT2D eigenvalue weighted by Gasteiger charge is -2.28. The lowest BCUT2D eigenvalue weighted by Crippen LogP contribution is -2.36. The first-order chi connectivity index (χ1) is 18.5. The summed E-state index contributed by atoms with van der Waals surface area (Å²) in [5, 5.41) is 6.48. The summed E-state index contributed by atoms with van der Waals surface area (Å²) < 4.78 is 31.3. The summed E-state index contributed by atoms with van der Waals surface area (Å²) in [5.41, 5.74) is 3.65. The van der Waals surface area contributed by atoms with Crippen LogP contribution in [0.2, 0.25) is 0 Å². The summed E-state index contributed by atoms with van der Waals surface area (Å²) in [7, 11) is 0. The van der Waals surface area contributed by atoms with E-state index in [0.29, 0.717) is 36.2 Å². The van der Waals surface area contributed by atoms with Gasteiger partial charge in [-0.15, -0.1) is 0 Å². The number of piperidine rings is 2. The molecule has 38 heavy (non-hydrogen) atoms. The molecule has 0 bridgehead atoms. The molecule has 0 saturated carbocycles. The summed E-state index contributed by atoms with van der Waals surface area (Å²) in [4.78, 5) is 20.4. The average Bonchev–Trinajstić information content (AvgIpc) is 3.50. The Labute approximate surface area is 225 Å². The van der Waals surface area contributed by atoms with Crippen LogP contribution in [0.4, 0.5) is 8.78 Å². The maximum atomic E-state index is 15.1. The number of nitrogens with zero attached hydrogens (tertiary/aromatic N) is 3. The molecule has 0 radical (unpaired) electrons. The molecule has 2 aromatic carbocycles. The zero-order valence-electron chi connectivity index (χ0n) is 21.4. The molecule has 1 atom stereocenters. The number of halogens is 2. The van der Waals surface area contributed by atoms with Crippen LogP contribution in [0.5, 0.6) is 0 Å². The quantitative estimate of drug-likeness (QED) is 0.296. The van der Waals surface area contributed by atoms with Gasteiger partial charge in [0.1, 0.15) is 12.0 Å². The van der Waals surface area contributed by atoms with Crippen molar-refractivity contribution in [2.75, 3.05) is 32.7 Å². The van der Waals surface area contributed by atoms with Crippen LogP contribution in [0.1, 0.15) is 60.5 Å². The van der Waals surface area contributed by atoms with E-state index in [0.717, 1.165) is 66.2 Å². The van der Waals surface area contributed by atoms with Crippen molar-refractivity contribution < 1.29 is 13.6 Å². The van der Waals surface area contributed by atoms with Crippen LogP contribution < -0.4 is 10.6 Å². The highest BCUT2D eigenvalue weighted by atomic mass is 32.1. The van der Waals surface area contributed by atoms with Gasteiger partial charge in [0.25, 0.3) is 5.91 Å². The van der Waals surface area contributed by atoms with Gasteiger partial charge in [0.05, 0.1) is 15.9 Å². The van der Waals surface area contributed by atoms with E-state index in [1.807, 2.05) is 40.9 Å². The molecule has 2 fully saturated rings. The highest BCUT2D eigenvalue weighted by molar-refractivity contribution is 7.23. The number of carbonyl (C=O) groups excluding carboxylic acids is 1. The van der Waals surface area contributed by atoms with Gasteiger partial charge in [-0.05, 0) is 81.1 Å². The maximum absolute atomic E-state index is 15.1. The minimum absolute atomic E-state index is 0.101. The first kappa shape index (κ1) is 25.4. The van der Waals surface area contributed by atoms with Gasteiger partial charge in [0.2, 0.25) is 0 Å². The largest absolute Gasteiger partial charge is 0.352 e. The van der Waals surface area contributed by atoms with Crippen LogP contribution in [0, 0.1) is 5.82 Å². The lowest BCUT2D eigenvalue weighted by molar-refractivity contribution is 0.0950. The fourth-order valence-corrected chi connectivity index (χ4v) is 6.64. The van der Waals surface area contributed by atoms with Crippen LogP contribution in [0.3, 0.4) is 0 Å². The number of alkyl halides is 1. The Hall–Kier alpha value is -2.88. The molecule has 4 aromatic rings. The second-order valence-corrected chi connectivity index (χ2v) is 11.4. The fourth-order valence-electron chi connectivity index (χ4n) is 5.60. The maximum Gasteiger partial charge on any atom is 0.251 e. The van der Waals surface area contributed by atoms with Gasteiger partial charge in [-0.3, -0.25) is 9.20 Å². The predicted molar refractivity (Wildman–Crippen MR) is 148 cm³/mol. The molecule has 1 amide bonds. The number of carbonyl (C=O) groups is 1. The Bertz CT molecular complexity index is 1440. The lowest BCUT2D eigenvalue weighted by atomic mass is 9.96. The monoisotopic (exact) mass is 537 g/mol. The van der Waals surface area contributed by atoms with E-state index in [9.17, 15) is 9.18 Å². The van der Waals surface area contributed by atoms with Crippen molar-refractivity contribution in [3.8, 4) is 11.3 Å². The summed E-state index contributed by atoms with van der Waals surface area (Å²) >= 11 is 1.49. The Morgan fingerprint density at radius 3 is 2.79 bits per heavy atom. The molecule has 200 valence electrons. The number of hydrogen-bond acceptors (Lipinski definition) is 5. The Morgan fingerprint density at radius 2 is 2.00 bits per heavy atom. The first-order valence-electron chi connectivity index (χ1n) is 13.6.